The Morgan fingerprint density at radius 1 is 0.688 bits per heavy atom. The van der Waals surface area contributed by atoms with Crippen molar-refractivity contribution in [2.24, 2.45) is 0 Å². The van der Waals surface area contributed by atoms with Crippen molar-refractivity contribution in [2.75, 3.05) is 0 Å². The molecule has 76 valence electrons. The minimum absolute atomic E-state index is 0. The third-order valence-corrected chi connectivity index (χ3v) is 2.16. The number of rotatable bonds is 2. The predicted octanol–water partition coefficient (Wildman–Crippen LogP) is 2.91. The van der Waals surface area contributed by atoms with Crippen molar-refractivity contribution < 1.29 is 5.11 Å². The minimum atomic E-state index is 0. The van der Waals surface area contributed by atoms with Crippen LogP contribution in [0.5, 0.6) is 5.75 Å². The average Bonchev–Trinajstić information content (AvgIpc) is 2.30. The number of phenolic OH excluding ortho intramolecular Hbond substituents is 1. The van der Waals surface area contributed by atoms with E-state index in [0.717, 1.165) is 5.56 Å². The molecule has 0 spiro atoms. The van der Waals surface area contributed by atoms with Gasteiger partial charge in [0, 0.05) is 0 Å². The van der Waals surface area contributed by atoms with Crippen molar-refractivity contribution in [1.82, 2.24) is 0 Å². The first-order valence-corrected chi connectivity index (χ1v) is 4.87. The fraction of sp³-hybridized carbons (Fsp3) is 0. The molecule has 2 heteroatoms. The van der Waals surface area contributed by atoms with Crippen LogP contribution in [0.1, 0.15) is 11.1 Å². The van der Waals surface area contributed by atoms with Crippen molar-refractivity contribution in [2.45, 2.75) is 0 Å². The van der Waals surface area contributed by atoms with Crippen LogP contribution in [0.4, 0.5) is 0 Å². The summed E-state index contributed by atoms with van der Waals surface area (Å²) >= 11 is 0. The van der Waals surface area contributed by atoms with Gasteiger partial charge in [0.25, 0.3) is 0 Å². The fourth-order valence-corrected chi connectivity index (χ4v) is 1.34. The summed E-state index contributed by atoms with van der Waals surface area (Å²) in [7, 11) is 0. The molecule has 16 heavy (non-hydrogen) atoms. The van der Waals surface area contributed by atoms with Crippen LogP contribution in [0, 0.1) is 0 Å². The van der Waals surface area contributed by atoms with Crippen molar-refractivity contribution in [3.63, 3.8) is 0 Å². The van der Waals surface area contributed by atoms with Crippen LogP contribution in [0.2, 0.25) is 0 Å². The molecule has 1 N–H and O–H groups in total. The van der Waals surface area contributed by atoms with Gasteiger partial charge in [-0.05, 0) is 23.3 Å². The van der Waals surface area contributed by atoms with Gasteiger partial charge in [0.2, 0.25) is 0 Å². The summed E-state index contributed by atoms with van der Waals surface area (Å²) in [4.78, 5) is 0. The predicted molar refractivity (Wildman–Crippen MR) is 70.6 cm³/mol. The molecular weight excluding hydrogens is 223 g/mol. The first-order chi connectivity index (χ1) is 7.34. The number of hydrogen-bond donors (Lipinski definition) is 1. The molecular formula is C14H13KO. The van der Waals surface area contributed by atoms with Crippen molar-refractivity contribution in [1.29, 1.82) is 0 Å². The number of hydrogen-bond acceptors (Lipinski definition) is 1. The fourth-order valence-electron chi connectivity index (χ4n) is 1.34. The van der Waals surface area contributed by atoms with Crippen LogP contribution < -0.4 is 0 Å². The monoisotopic (exact) mass is 236 g/mol. The molecule has 0 saturated heterocycles. The van der Waals surface area contributed by atoms with Crippen molar-refractivity contribution >= 4 is 63.5 Å². The first-order valence-electron chi connectivity index (χ1n) is 4.87. The zero-order chi connectivity index (χ0) is 10.5. The Kier molecular flexibility index (Phi) is 6.02. The molecule has 0 fully saturated rings. The Balaban J connectivity index is 0.00000128. The zero-order valence-electron chi connectivity index (χ0n) is 8.30. The van der Waals surface area contributed by atoms with Gasteiger partial charge in [-0.25, -0.2) is 0 Å². The molecule has 0 saturated carbocycles. The molecule has 0 heterocycles. The Labute approximate surface area is 138 Å². The van der Waals surface area contributed by atoms with Gasteiger partial charge in [0.05, 0.1) is 0 Å². The third-order valence-electron chi connectivity index (χ3n) is 2.16. The van der Waals surface area contributed by atoms with E-state index in [0.29, 0.717) is 5.75 Å². The summed E-state index contributed by atoms with van der Waals surface area (Å²) in [5, 5.41) is 9.12. The van der Waals surface area contributed by atoms with Crippen LogP contribution in [-0.2, 0) is 0 Å². The molecule has 0 bridgehead atoms. The maximum atomic E-state index is 9.12. The Morgan fingerprint density at radius 3 is 1.75 bits per heavy atom. The number of aromatic hydroxyl groups is 1. The van der Waals surface area contributed by atoms with Gasteiger partial charge in [-0.15, -0.1) is 0 Å². The van der Waals surface area contributed by atoms with Gasteiger partial charge < -0.3 is 5.11 Å². The molecule has 1 nitrogen and oxygen atoms in total. The SMILES string of the molecule is Oc1ccc(/C=C/c2ccccc2)cc1.[KH]. The van der Waals surface area contributed by atoms with E-state index < -0.39 is 0 Å². The van der Waals surface area contributed by atoms with Gasteiger partial charge in [0.15, 0.2) is 0 Å². The van der Waals surface area contributed by atoms with Crippen LogP contribution >= 0.6 is 0 Å². The van der Waals surface area contributed by atoms with Gasteiger partial charge in [-0.3, -0.25) is 0 Å². The summed E-state index contributed by atoms with van der Waals surface area (Å²) in [6.45, 7) is 0. The Bertz CT molecular complexity index is 446. The maximum absolute atomic E-state index is 9.12. The molecule has 0 aliphatic carbocycles. The van der Waals surface area contributed by atoms with Gasteiger partial charge in [-0.1, -0.05) is 54.6 Å². The molecule has 2 aromatic carbocycles. The number of phenols is 1. The normalized spacial score (nSPS) is 10.0. The van der Waals surface area contributed by atoms with E-state index in [2.05, 4.69) is 12.1 Å². The molecule has 0 amide bonds. The van der Waals surface area contributed by atoms with E-state index >= 15 is 0 Å². The molecule has 0 aromatic heterocycles. The van der Waals surface area contributed by atoms with E-state index in [-0.39, 0.29) is 51.4 Å². The summed E-state index contributed by atoms with van der Waals surface area (Å²) in [5.41, 5.74) is 2.25. The van der Waals surface area contributed by atoms with E-state index in [1.54, 1.807) is 12.1 Å². The van der Waals surface area contributed by atoms with E-state index in [1.165, 1.54) is 5.56 Å². The quantitative estimate of drug-likeness (QED) is 0.628. The second-order valence-electron chi connectivity index (χ2n) is 3.34. The Hall–Kier alpha value is -0.384. The van der Waals surface area contributed by atoms with Gasteiger partial charge in [-0.2, -0.15) is 0 Å². The zero-order valence-corrected chi connectivity index (χ0v) is 8.30. The van der Waals surface area contributed by atoms with E-state index in [1.807, 2.05) is 42.5 Å². The van der Waals surface area contributed by atoms with E-state index in [9.17, 15) is 0 Å². The third kappa shape index (κ3) is 4.24. The summed E-state index contributed by atoms with van der Waals surface area (Å²) < 4.78 is 0. The molecule has 0 aliphatic heterocycles. The van der Waals surface area contributed by atoms with E-state index in [4.69, 9.17) is 5.11 Å². The van der Waals surface area contributed by atoms with Crippen LogP contribution in [0.3, 0.4) is 0 Å². The molecule has 0 aliphatic rings. The Morgan fingerprint density at radius 2 is 1.19 bits per heavy atom. The average molecular weight is 236 g/mol. The molecule has 0 atom stereocenters. The second kappa shape index (κ2) is 7.04. The molecule has 0 unspecified atom stereocenters. The summed E-state index contributed by atoms with van der Waals surface area (Å²) in [5.74, 6) is 0.298. The van der Waals surface area contributed by atoms with Crippen LogP contribution in [0.15, 0.2) is 54.6 Å². The molecule has 0 radical (unpaired) electrons. The standard InChI is InChI=1S/C14H12O.K.H/c15-14-10-8-13(9-11-14)7-6-12-4-2-1-3-5-12;;/h1-11,15H;;/b7-6+;;. The second-order valence-corrected chi connectivity index (χ2v) is 3.34. The van der Waals surface area contributed by atoms with Crippen LogP contribution in [-0.4, -0.2) is 56.5 Å². The van der Waals surface area contributed by atoms with Crippen molar-refractivity contribution in [3.8, 4) is 5.75 Å². The van der Waals surface area contributed by atoms with Gasteiger partial charge in [0.1, 0.15) is 5.75 Å². The van der Waals surface area contributed by atoms with Crippen LogP contribution in [0.25, 0.3) is 12.2 Å². The summed E-state index contributed by atoms with van der Waals surface area (Å²) in [6.07, 6.45) is 4.07. The molecule has 2 aromatic rings. The molecule has 2 rings (SSSR count). The van der Waals surface area contributed by atoms with Gasteiger partial charge >= 0.3 is 51.4 Å². The number of benzene rings is 2. The van der Waals surface area contributed by atoms with Crippen molar-refractivity contribution in [3.05, 3.63) is 65.7 Å². The topological polar surface area (TPSA) is 20.2 Å². The summed E-state index contributed by atoms with van der Waals surface area (Å²) in [6, 6.07) is 17.3. The first kappa shape index (κ1) is 13.7.